The number of hydrogen-bond acceptors (Lipinski definition) is 8. The van der Waals surface area contributed by atoms with Gasteiger partial charge in [-0.3, -0.25) is 4.79 Å². The molecular formula is C26H32ClN5O4. The van der Waals surface area contributed by atoms with Gasteiger partial charge in [0, 0.05) is 25.7 Å². The number of β-amino-alcohol motifs (C(OH)–C–C–N with tert-alkyl or cyclic N) is 1. The first-order chi connectivity index (χ1) is 17.3. The molecule has 2 aromatic rings. The van der Waals surface area contributed by atoms with Gasteiger partial charge >= 0.3 is 5.97 Å². The molecule has 1 fully saturated rings. The first kappa shape index (κ1) is 24.8. The fraction of sp³-hybridized carbons (Fsp3) is 0.500. The first-order valence-electron chi connectivity index (χ1n) is 12.4. The molecule has 4 N–H and O–H groups in total. The molecule has 2 aliphatic carbocycles. The molecule has 0 radical (unpaired) electrons. The third kappa shape index (κ3) is 5.00. The van der Waals surface area contributed by atoms with Gasteiger partial charge in [0.25, 0.3) is 0 Å². The van der Waals surface area contributed by atoms with Crippen LogP contribution >= 0.6 is 11.6 Å². The van der Waals surface area contributed by atoms with Gasteiger partial charge in [-0.25, -0.2) is 4.98 Å². The largest absolute Gasteiger partial charge is 0.495 e. The zero-order valence-corrected chi connectivity index (χ0v) is 21.2. The molecule has 5 rings (SSSR count). The van der Waals surface area contributed by atoms with Crippen molar-refractivity contribution in [2.75, 3.05) is 37.4 Å². The van der Waals surface area contributed by atoms with Crippen molar-refractivity contribution in [3.05, 3.63) is 46.6 Å². The van der Waals surface area contributed by atoms with Crippen LogP contribution in [0, 0.1) is 17.8 Å². The molecule has 36 heavy (non-hydrogen) atoms. The van der Waals surface area contributed by atoms with E-state index in [0.29, 0.717) is 29.1 Å². The molecule has 1 saturated carbocycles. The van der Waals surface area contributed by atoms with Crippen molar-refractivity contribution in [3.63, 3.8) is 0 Å². The number of allylic oxidation sites excluding steroid dienone is 1. The number of anilines is 3. The fourth-order valence-corrected chi connectivity index (χ4v) is 5.93. The highest BCUT2D eigenvalue weighted by molar-refractivity contribution is 6.32. The molecule has 3 aliphatic rings. The summed E-state index contributed by atoms with van der Waals surface area (Å²) in [6, 6.07) is 3.86. The van der Waals surface area contributed by atoms with E-state index in [-0.39, 0.29) is 24.0 Å². The number of ether oxygens (including phenoxy) is 1. The number of aliphatic hydroxyl groups excluding tert-OH is 1. The lowest BCUT2D eigenvalue weighted by Gasteiger charge is -2.26. The summed E-state index contributed by atoms with van der Waals surface area (Å²) in [4.78, 5) is 23.1. The number of aliphatic carboxylic acids is 1. The maximum atomic E-state index is 11.9. The number of carboxylic acids is 1. The van der Waals surface area contributed by atoms with Gasteiger partial charge in [0.1, 0.15) is 10.8 Å². The molecule has 0 saturated heterocycles. The smallest absolute Gasteiger partial charge is 0.309 e. The highest BCUT2D eigenvalue weighted by atomic mass is 35.5. The van der Waals surface area contributed by atoms with E-state index in [1.54, 1.807) is 7.11 Å². The molecule has 1 aromatic heterocycles. The zero-order chi connectivity index (χ0) is 25.4. The lowest BCUT2D eigenvalue weighted by atomic mass is 9.89. The third-order valence-corrected chi connectivity index (χ3v) is 7.75. The van der Waals surface area contributed by atoms with Crippen molar-refractivity contribution < 1.29 is 19.7 Å². The second-order valence-electron chi connectivity index (χ2n) is 9.97. The number of aromatic nitrogens is 2. The maximum absolute atomic E-state index is 11.9. The molecule has 1 aliphatic heterocycles. The third-order valence-electron chi connectivity index (χ3n) is 7.48. The lowest BCUT2D eigenvalue weighted by molar-refractivity contribution is -0.142. The average Bonchev–Trinajstić information content (AvgIpc) is 3.39. The van der Waals surface area contributed by atoms with Crippen LogP contribution in [0.2, 0.25) is 5.02 Å². The second kappa shape index (κ2) is 10.2. The molecule has 192 valence electrons. The van der Waals surface area contributed by atoms with Crippen molar-refractivity contribution >= 4 is 35.0 Å². The summed E-state index contributed by atoms with van der Waals surface area (Å²) in [5.74, 6) is 0.286. The topological polar surface area (TPSA) is 120 Å². The van der Waals surface area contributed by atoms with Gasteiger partial charge in [-0.15, -0.1) is 0 Å². The normalized spacial score (nSPS) is 25.8. The molecule has 1 unspecified atom stereocenters. The van der Waals surface area contributed by atoms with E-state index in [9.17, 15) is 15.0 Å². The lowest BCUT2D eigenvalue weighted by Crippen LogP contribution is -2.38. The van der Waals surface area contributed by atoms with Crippen molar-refractivity contribution in [3.8, 4) is 5.75 Å². The Morgan fingerprint density at radius 3 is 2.67 bits per heavy atom. The molecule has 0 amide bonds. The van der Waals surface area contributed by atoms with Gasteiger partial charge < -0.3 is 30.5 Å². The number of methoxy groups -OCH3 is 1. The molecular weight excluding hydrogens is 482 g/mol. The molecule has 0 spiro atoms. The Hall–Kier alpha value is -2.88. The quantitative estimate of drug-likeness (QED) is 0.394. The molecule has 10 heteroatoms. The van der Waals surface area contributed by atoms with E-state index >= 15 is 0 Å². The van der Waals surface area contributed by atoms with Gasteiger partial charge in [-0.2, -0.15) is 4.98 Å². The van der Waals surface area contributed by atoms with Crippen LogP contribution in [0.1, 0.15) is 24.5 Å². The van der Waals surface area contributed by atoms with Crippen molar-refractivity contribution in [2.45, 2.75) is 38.3 Å². The summed E-state index contributed by atoms with van der Waals surface area (Å²) >= 11 is 6.40. The SMILES string of the molecule is COc1cc2c(cc1Nc1ncc(Cl)c(N[C@H]3[C@@H](C(=O)O)[C@@H]4C=C[C@H]3C4)n1)CCN(CC(C)O)CC2. The number of rotatable bonds is 8. The van der Waals surface area contributed by atoms with E-state index in [1.807, 2.05) is 13.0 Å². The van der Waals surface area contributed by atoms with Crippen molar-refractivity contribution in [1.82, 2.24) is 14.9 Å². The molecule has 2 heterocycles. The second-order valence-corrected chi connectivity index (χ2v) is 10.4. The van der Waals surface area contributed by atoms with E-state index in [4.69, 9.17) is 16.3 Å². The maximum Gasteiger partial charge on any atom is 0.309 e. The molecule has 5 atom stereocenters. The number of carboxylic acid groups (broad SMARTS) is 1. The Kier molecular flexibility index (Phi) is 7.05. The number of nitrogens with one attached hydrogen (secondary N) is 2. The summed E-state index contributed by atoms with van der Waals surface area (Å²) in [5.41, 5.74) is 3.20. The number of nitrogens with zero attached hydrogens (tertiary/aromatic N) is 3. The highest BCUT2D eigenvalue weighted by Crippen LogP contribution is 2.45. The summed E-state index contributed by atoms with van der Waals surface area (Å²) in [6.45, 7) is 4.23. The summed E-state index contributed by atoms with van der Waals surface area (Å²) in [6.07, 6.45) is 7.81. The number of fused-ring (bicyclic) bond motifs is 3. The Morgan fingerprint density at radius 1 is 1.25 bits per heavy atom. The van der Waals surface area contributed by atoms with Crippen LogP contribution in [0.5, 0.6) is 5.75 Å². The van der Waals surface area contributed by atoms with Crippen molar-refractivity contribution in [1.29, 1.82) is 0 Å². The average molecular weight is 514 g/mol. The number of hydrogen-bond donors (Lipinski definition) is 4. The Balaban J connectivity index is 1.36. The van der Waals surface area contributed by atoms with E-state index in [0.717, 1.165) is 38.0 Å². The van der Waals surface area contributed by atoms with Gasteiger partial charge in [-0.1, -0.05) is 23.8 Å². The van der Waals surface area contributed by atoms with Crippen LogP contribution in [0.4, 0.5) is 17.5 Å². The number of halogens is 1. The Labute approximate surface area is 215 Å². The molecule has 1 aromatic carbocycles. The number of carbonyl (C=O) groups is 1. The van der Waals surface area contributed by atoms with Crippen molar-refractivity contribution in [2.24, 2.45) is 17.8 Å². The van der Waals surface area contributed by atoms with E-state index < -0.39 is 11.9 Å². The van der Waals surface area contributed by atoms with Crippen LogP contribution < -0.4 is 15.4 Å². The van der Waals surface area contributed by atoms with Crippen LogP contribution in [0.15, 0.2) is 30.5 Å². The molecule has 9 nitrogen and oxygen atoms in total. The summed E-state index contributed by atoms with van der Waals surface area (Å²) < 4.78 is 5.67. The minimum atomic E-state index is -0.811. The fourth-order valence-electron chi connectivity index (χ4n) is 5.79. The minimum Gasteiger partial charge on any atom is -0.495 e. The van der Waals surface area contributed by atoms with Gasteiger partial charge in [-0.05, 0) is 61.3 Å². The highest BCUT2D eigenvalue weighted by Gasteiger charge is 2.48. The van der Waals surface area contributed by atoms with E-state index in [1.165, 1.54) is 17.3 Å². The van der Waals surface area contributed by atoms with E-state index in [2.05, 4.69) is 43.7 Å². The summed E-state index contributed by atoms with van der Waals surface area (Å²) in [7, 11) is 1.63. The van der Waals surface area contributed by atoms with Gasteiger partial charge in [0.15, 0.2) is 5.82 Å². The van der Waals surface area contributed by atoms with Crippen LogP contribution in [-0.4, -0.2) is 69.9 Å². The van der Waals surface area contributed by atoms with Crippen LogP contribution in [-0.2, 0) is 17.6 Å². The predicted octanol–water partition coefficient (Wildman–Crippen LogP) is 3.35. The van der Waals surface area contributed by atoms with Crippen LogP contribution in [0.3, 0.4) is 0 Å². The Bertz CT molecular complexity index is 1170. The summed E-state index contributed by atoms with van der Waals surface area (Å²) in [5, 5.41) is 26.4. The standard InChI is InChI=1S/C26H32ClN5O4/c1-14(33)13-32-7-5-15-10-20(21(36-2)11-16(15)6-8-32)29-26-28-12-19(27)24(31-26)30-23-18-4-3-17(9-18)22(23)25(34)35/h3-4,10-12,14,17-18,22-23,33H,5-9,13H2,1-2H3,(H,34,35)(H2,28,29,30,31)/t14?,17-,18+,22+,23-/m1/s1. The minimum absolute atomic E-state index is 0.0311. The van der Waals surface area contributed by atoms with Gasteiger partial charge in [0.05, 0.1) is 31.0 Å². The Morgan fingerprint density at radius 2 is 1.97 bits per heavy atom. The number of benzene rings is 1. The zero-order valence-electron chi connectivity index (χ0n) is 20.4. The number of aliphatic hydroxyl groups is 1. The molecule has 2 bridgehead atoms. The predicted molar refractivity (Wildman–Crippen MR) is 138 cm³/mol. The van der Waals surface area contributed by atoms with Crippen LogP contribution in [0.25, 0.3) is 0 Å². The van der Waals surface area contributed by atoms with Gasteiger partial charge in [0.2, 0.25) is 5.95 Å². The monoisotopic (exact) mass is 513 g/mol. The first-order valence-corrected chi connectivity index (χ1v) is 12.8.